The summed E-state index contributed by atoms with van der Waals surface area (Å²) < 4.78 is 5.45. The van der Waals surface area contributed by atoms with E-state index in [4.69, 9.17) is 9.84 Å². The summed E-state index contributed by atoms with van der Waals surface area (Å²) >= 11 is 0. The Morgan fingerprint density at radius 3 is 2.54 bits per heavy atom. The highest BCUT2D eigenvalue weighted by atomic mass is 16.5. The topological polar surface area (TPSA) is 29.5 Å². The number of aryl methyl sites for hydroxylation is 2. The number of ether oxygens (including phenoxy) is 1. The quantitative estimate of drug-likeness (QED) is 0.772. The minimum absolute atomic E-state index is 0.0395. The first-order chi connectivity index (χ1) is 6.19. The van der Waals surface area contributed by atoms with E-state index in [-0.39, 0.29) is 6.61 Å². The molecule has 0 aliphatic heterocycles. The molecule has 0 saturated heterocycles. The molecule has 1 aromatic carbocycles. The van der Waals surface area contributed by atoms with Crippen LogP contribution in [0.5, 0.6) is 5.75 Å². The Morgan fingerprint density at radius 1 is 1.31 bits per heavy atom. The zero-order chi connectivity index (χ0) is 9.84. The number of rotatable bonds is 3. The maximum Gasteiger partial charge on any atom is 0.127 e. The van der Waals surface area contributed by atoms with Gasteiger partial charge in [-0.3, -0.25) is 0 Å². The van der Waals surface area contributed by atoms with Crippen LogP contribution in [0.25, 0.3) is 0 Å². The number of aliphatic hydroxyl groups excluding tert-OH is 1. The molecule has 0 atom stereocenters. The van der Waals surface area contributed by atoms with Crippen molar-refractivity contribution in [1.29, 1.82) is 0 Å². The van der Waals surface area contributed by atoms with Gasteiger partial charge >= 0.3 is 0 Å². The van der Waals surface area contributed by atoms with Crippen molar-refractivity contribution in [3.63, 3.8) is 0 Å². The van der Waals surface area contributed by atoms with Gasteiger partial charge in [0.2, 0.25) is 0 Å². The summed E-state index contributed by atoms with van der Waals surface area (Å²) in [5.74, 6) is 0.829. The van der Waals surface area contributed by atoms with E-state index in [1.807, 2.05) is 26.8 Å². The third-order valence-electron chi connectivity index (χ3n) is 1.95. The second-order valence-electron chi connectivity index (χ2n) is 3.16. The molecule has 0 aliphatic rings. The maximum atomic E-state index is 9.11. The normalized spacial score (nSPS) is 10.2. The Labute approximate surface area is 79.2 Å². The van der Waals surface area contributed by atoms with Crippen molar-refractivity contribution in [3.05, 3.63) is 28.8 Å². The van der Waals surface area contributed by atoms with Gasteiger partial charge in [-0.25, -0.2) is 0 Å². The fourth-order valence-electron chi connectivity index (χ4n) is 1.51. The fourth-order valence-corrected chi connectivity index (χ4v) is 1.51. The van der Waals surface area contributed by atoms with Crippen molar-refractivity contribution in [2.24, 2.45) is 0 Å². The molecule has 0 unspecified atom stereocenters. The third-order valence-corrected chi connectivity index (χ3v) is 1.95. The Morgan fingerprint density at radius 2 is 2.00 bits per heavy atom. The smallest absolute Gasteiger partial charge is 0.127 e. The molecule has 0 fully saturated rings. The molecule has 0 aromatic heterocycles. The Hall–Kier alpha value is -1.02. The minimum atomic E-state index is 0.0395. The van der Waals surface area contributed by atoms with Gasteiger partial charge in [-0.05, 0) is 26.3 Å². The SMILES string of the molecule is CCOc1c(C)cc(C)cc1CO. The third kappa shape index (κ3) is 2.22. The lowest BCUT2D eigenvalue weighted by atomic mass is 10.1. The van der Waals surface area contributed by atoms with E-state index in [0.29, 0.717) is 6.61 Å². The molecule has 0 spiro atoms. The van der Waals surface area contributed by atoms with E-state index in [0.717, 1.165) is 22.4 Å². The van der Waals surface area contributed by atoms with Crippen LogP contribution in [0, 0.1) is 13.8 Å². The molecule has 0 amide bonds. The number of benzene rings is 1. The Balaban J connectivity index is 3.13. The van der Waals surface area contributed by atoms with Crippen molar-refractivity contribution in [2.45, 2.75) is 27.4 Å². The number of aliphatic hydroxyl groups is 1. The molecule has 1 rings (SSSR count). The highest BCUT2D eigenvalue weighted by Crippen LogP contribution is 2.25. The lowest BCUT2D eigenvalue weighted by Gasteiger charge is -2.12. The second kappa shape index (κ2) is 4.28. The first kappa shape index (κ1) is 10.1. The van der Waals surface area contributed by atoms with E-state index < -0.39 is 0 Å². The second-order valence-corrected chi connectivity index (χ2v) is 3.16. The average molecular weight is 180 g/mol. The molecule has 0 bridgehead atoms. The van der Waals surface area contributed by atoms with E-state index in [1.165, 1.54) is 0 Å². The fraction of sp³-hybridized carbons (Fsp3) is 0.455. The van der Waals surface area contributed by atoms with Gasteiger partial charge in [-0.15, -0.1) is 0 Å². The zero-order valence-electron chi connectivity index (χ0n) is 8.42. The standard InChI is InChI=1S/C11H16O2/c1-4-13-11-9(3)5-8(2)6-10(11)7-12/h5-6,12H,4,7H2,1-3H3. The molecule has 2 heteroatoms. The molecule has 0 aliphatic carbocycles. The summed E-state index contributed by atoms with van der Waals surface area (Å²) in [6.45, 7) is 6.63. The van der Waals surface area contributed by atoms with E-state index in [9.17, 15) is 0 Å². The van der Waals surface area contributed by atoms with Crippen LogP contribution >= 0.6 is 0 Å². The van der Waals surface area contributed by atoms with Crippen LogP contribution < -0.4 is 4.74 Å². The van der Waals surface area contributed by atoms with Crippen molar-refractivity contribution in [1.82, 2.24) is 0 Å². The van der Waals surface area contributed by atoms with Crippen LogP contribution in [0.4, 0.5) is 0 Å². The van der Waals surface area contributed by atoms with Crippen LogP contribution in [0.2, 0.25) is 0 Å². The van der Waals surface area contributed by atoms with E-state index >= 15 is 0 Å². The largest absolute Gasteiger partial charge is 0.493 e. The summed E-state index contributed by atoms with van der Waals surface area (Å²) in [6.07, 6.45) is 0. The van der Waals surface area contributed by atoms with Crippen LogP contribution in [0.1, 0.15) is 23.6 Å². The summed E-state index contributed by atoms with van der Waals surface area (Å²) in [6, 6.07) is 4.02. The maximum absolute atomic E-state index is 9.11. The molecule has 0 saturated carbocycles. The highest BCUT2D eigenvalue weighted by molar-refractivity contribution is 5.43. The molecule has 1 N–H and O–H groups in total. The first-order valence-electron chi connectivity index (χ1n) is 4.52. The Kier molecular flexibility index (Phi) is 3.32. The molecule has 13 heavy (non-hydrogen) atoms. The molecule has 2 nitrogen and oxygen atoms in total. The van der Waals surface area contributed by atoms with Crippen LogP contribution in [-0.2, 0) is 6.61 Å². The Bertz CT molecular complexity index is 292. The van der Waals surface area contributed by atoms with Crippen molar-refractivity contribution < 1.29 is 9.84 Å². The lowest BCUT2D eigenvalue weighted by Crippen LogP contribution is -1.99. The molecule has 72 valence electrons. The average Bonchev–Trinajstić information content (AvgIpc) is 2.09. The monoisotopic (exact) mass is 180 g/mol. The summed E-state index contributed by atoms with van der Waals surface area (Å²) in [7, 11) is 0. The van der Waals surface area contributed by atoms with Crippen molar-refractivity contribution in [2.75, 3.05) is 6.61 Å². The number of hydrogen-bond acceptors (Lipinski definition) is 2. The summed E-state index contributed by atoms with van der Waals surface area (Å²) in [4.78, 5) is 0. The van der Waals surface area contributed by atoms with Crippen LogP contribution in [0.3, 0.4) is 0 Å². The first-order valence-corrected chi connectivity index (χ1v) is 4.52. The van der Waals surface area contributed by atoms with Gasteiger partial charge in [0.05, 0.1) is 13.2 Å². The van der Waals surface area contributed by atoms with Gasteiger partial charge in [-0.2, -0.15) is 0 Å². The zero-order valence-corrected chi connectivity index (χ0v) is 8.42. The predicted octanol–water partition coefficient (Wildman–Crippen LogP) is 2.19. The van der Waals surface area contributed by atoms with Gasteiger partial charge in [0.25, 0.3) is 0 Å². The molecular weight excluding hydrogens is 164 g/mol. The molecule has 1 aromatic rings. The van der Waals surface area contributed by atoms with Gasteiger partial charge < -0.3 is 9.84 Å². The van der Waals surface area contributed by atoms with Crippen LogP contribution in [0.15, 0.2) is 12.1 Å². The predicted molar refractivity (Wildman–Crippen MR) is 53.0 cm³/mol. The van der Waals surface area contributed by atoms with Gasteiger partial charge in [0, 0.05) is 5.56 Å². The van der Waals surface area contributed by atoms with Crippen molar-refractivity contribution >= 4 is 0 Å². The summed E-state index contributed by atoms with van der Waals surface area (Å²) in [5, 5.41) is 9.11. The van der Waals surface area contributed by atoms with Gasteiger partial charge in [-0.1, -0.05) is 17.7 Å². The minimum Gasteiger partial charge on any atom is -0.493 e. The number of hydrogen-bond donors (Lipinski definition) is 1. The summed E-state index contributed by atoms with van der Waals surface area (Å²) in [5.41, 5.74) is 3.12. The van der Waals surface area contributed by atoms with Gasteiger partial charge in [0.15, 0.2) is 0 Å². The van der Waals surface area contributed by atoms with Crippen molar-refractivity contribution in [3.8, 4) is 5.75 Å². The molecule has 0 heterocycles. The van der Waals surface area contributed by atoms with E-state index in [1.54, 1.807) is 0 Å². The van der Waals surface area contributed by atoms with Gasteiger partial charge in [0.1, 0.15) is 5.75 Å². The molecular formula is C11H16O2. The molecule has 0 radical (unpaired) electrons. The van der Waals surface area contributed by atoms with Crippen LogP contribution in [-0.4, -0.2) is 11.7 Å². The van der Waals surface area contributed by atoms with E-state index in [2.05, 4.69) is 6.07 Å². The lowest BCUT2D eigenvalue weighted by molar-refractivity contribution is 0.266. The highest BCUT2D eigenvalue weighted by Gasteiger charge is 2.06.